The Morgan fingerprint density at radius 1 is 0.759 bits per heavy atom. The van der Waals surface area contributed by atoms with Crippen molar-refractivity contribution in [3.63, 3.8) is 0 Å². The van der Waals surface area contributed by atoms with Gasteiger partial charge < -0.3 is 10.2 Å². The first-order valence-corrected chi connectivity index (χ1v) is 10.8. The normalized spacial score (nSPS) is 13.8. The molecule has 0 fully saturated rings. The molecule has 0 bridgehead atoms. The van der Waals surface area contributed by atoms with E-state index in [-0.39, 0.29) is 37.5 Å². The van der Waals surface area contributed by atoms with Crippen molar-refractivity contribution in [1.82, 2.24) is 0 Å². The van der Waals surface area contributed by atoms with Crippen molar-refractivity contribution in [2.45, 2.75) is 4.75 Å². The summed E-state index contributed by atoms with van der Waals surface area (Å²) in [5, 5.41) is 19.5. The maximum atomic E-state index is 13.0. The molecule has 0 saturated heterocycles. The van der Waals surface area contributed by atoms with Crippen LogP contribution in [0.25, 0.3) is 0 Å². The first kappa shape index (κ1) is 22.0. The van der Waals surface area contributed by atoms with Gasteiger partial charge in [-0.25, -0.2) is 0 Å². The number of rotatable bonds is 4. The maximum Gasteiger partial charge on any atom is 0.283 e. The van der Waals surface area contributed by atoms with E-state index in [0.717, 1.165) is 12.1 Å². The summed E-state index contributed by atoms with van der Waals surface area (Å²) in [4.78, 5) is 0. The summed E-state index contributed by atoms with van der Waals surface area (Å²) in [5.41, 5.74) is -0.326. The molecule has 3 aromatic carbocycles. The van der Waals surface area contributed by atoms with E-state index < -0.39 is 20.6 Å². The average molecular weight is 494 g/mol. The first-order chi connectivity index (χ1) is 13.5. The second-order valence-corrected chi connectivity index (χ2v) is 9.28. The minimum Gasteiger partial charge on any atom is -0.506 e. The number of hydrogen-bond acceptors (Lipinski definition) is 4. The molecule has 3 N–H and O–H groups in total. The molecule has 1 unspecified atom stereocenters. The van der Waals surface area contributed by atoms with Gasteiger partial charge in [-0.3, -0.25) is 4.55 Å². The molecule has 0 aliphatic carbocycles. The standard InChI is InChI=1S/C19H12Cl4O5S/c20-11-6-4-10(5-7-11)19(29(26,27)28,12-2-1-3-16(24)18(12)23)13-8-15(22)17(25)9-14(13)21/h1-9,24-25H,(H,26,27,28). The predicted molar refractivity (Wildman–Crippen MR) is 114 cm³/mol. The van der Waals surface area contributed by atoms with Gasteiger partial charge in [0, 0.05) is 27.2 Å². The van der Waals surface area contributed by atoms with Crippen LogP contribution in [0.3, 0.4) is 0 Å². The minimum atomic E-state index is -5.05. The summed E-state index contributed by atoms with van der Waals surface area (Å²) in [6.45, 7) is 0. The van der Waals surface area contributed by atoms with E-state index in [1.165, 1.54) is 42.5 Å². The summed E-state index contributed by atoms with van der Waals surface area (Å²) in [6.07, 6.45) is 0. The molecule has 3 aromatic rings. The SMILES string of the molecule is O=S(=O)(O)C(c1ccc(Cl)cc1)(c1cc(Cl)c(O)cc1Cl)c1cccc(O)c1Cl. The summed E-state index contributed by atoms with van der Waals surface area (Å²) in [6, 6.07) is 11.7. The van der Waals surface area contributed by atoms with Crippen molar-refractivity contribution in [3.8, 4) is 11.5 Å². The fourth-order valence-corrected chi connectivity index (χ4v) is 5.46. The number of aromatic hydroxyl groups is 2. The molecule has 152 valence electrons. The lowest BCUT2D eigenvalue weighted by molar-refractivity contribution is 0.455. The van der Waals surface area contributed by atoms with E-state index in [1.807, 2.05) is 0 Å². The predicted octanol–water partition coefficient (Wildman–Crippen LogP) is 5.89. The molecule has 0 radical (unpaired) electrons. The molecule has 0 amide bonds. The monoisotopic (exact) mass is 492 g/mol. The van der Waals surface area contributed by atoms with Gasteiger partial charge in [-0.1, -0.05) is 70.7 Å². The molecular formula is C19H12Cl4O5S. The zero-order valence-corrected chi connectivity index (χ0v) is 18.1. The smallest absolute Gasteiger partial charge is 0.283 e. The van der Waals surface area contributed by atoms with Gasteiger partial charge in [0.15, 0.2) is 4.75 Å². The Kier molecular flexibility index (Phi) is 5.98. The summed E-state index contributed by atoms with van der Waals surface area (Å²) in [5.74, 6) is -0.796. The van der Waals surface area contributed by atoms with Gasteiger partial charge in [0.25, 0.3) is 10.1 Å². The lowest BCUT2D eigenvalue weighted by atomic mass is 9.83. The van der Waals surface area contributed by atoms with Gasteiger partial charge in [0.2, 0.25) is 0 Å². The van der Waals surface area contributed by atoms with Crippen molar-refractivity contribution >= 4 is 56.5 Å². The van der Waals surface area contributed by atoms with Crippen molar-refractivity contribution in [3.05, 3.63) is 91.4 Å². The van der Waals surface area contributed by atoms with Crippen LogP contribution in [0.4, 0.5) is 0 Å². The Balaban J connectivity index is 2.61. The fraction of sp³-hybridized carbons (Fsp3) is 0.0526. The van der Waals surface area contributed by atoms with Crippen molar-refractivity contribution < 1.29 is 23.2 Å². The van der Waals surface area contributed by atoms with Gasteiger partial charge >= 0.3 is 0 Å². The molecule has 29 heavy (non-hydrogen) atoms. The van der Waals surface area contributed by atoms with Crippen LogP contribution in [0.2, 0.25) is 20.1 Å². The Morgan fingerprint density at radius 3 is 1.97 bits per heavy atom. The largest absolute Gasteiger partial charge is 0.506 e. The highest BCUT2D eigenvalue weighted by atomic mass is 35.5. The van der Waals surface area contributed by atoms with Crippen LogP contribution in [0.15, 0.2) is 54.6 Å². The Morgan fingerprint density at radius 2 is 1.38 bits per heavy atom. The highest BCUT2D eigenvalue weighted by molar-refractivity contribution is 7.87. The van der Waals surface area contributed by atoms with E-state index >= 15 is 0 Å². The molecule has 10 heteroatoms. The van der Waals surface area contributed by atoms with Crippen LogP contribution >= 0.6 is 46.4 Å². The summed E-state index contributed by atoms with van der Waals surface area (Å²) in [7, 11) is -5.05. The van der Waals surface area contributed by atoms with Crippen LogP contribution in [-0.2, 0) is 14.9 Å². The van der Waals surface area contributed by atoms with Gasteiger partial charge in [0.1, 0.15) is 11.5 Å². The Labute approximate surface area is 186 Å². The number of halogens is 4. The molecule has 0 saturated carbocycles. The third kappa shape index (κ3) is 3.65. The van der Waals surface area contributed by atoms with Crippen LogP contribution in [0.5, 0.6) is 11.5 Å². The number of hydrogen-bond donors (Lipinski definition) is 3. The maximum absolute atomic E-state index is 13.0. The molecular weight excluding hydrogens is 482 g/mol. The second-order valence-electron chi connectivity index (χ2n) is 6.09. The van der Waals surface area contributed by atoms with Crippen LogP contribution < -0.4 is 0 Å². The summed E-state index contributed by atoms with van der Waals surface area (Å²) >= 11 is 24.5. The van der Waals surface area contributed by atoms with Gasteiger partial charge in [-0.15, -0.1) is 0 Å². The number of phenols is 2. The van der Waals surface area contributed by atoms with Crippen LogP contribution in [-0.4, -0.2) is 23.2 Å². The molecule has 0 aliphatic rings. The molecule has 1 atom stereocenters. The number of phenolic OH excluding ortho intramolecular Hbond substituents is 2. The topological polar surface area (TPSA) is 94.8 Å². The number of benzene rings is 3. The molecule has 0 aromatic heterocycles. The third-order valence-corrected chi connectivity index (χ3v) is 7.13. The molecule has 0 aliphatic heterocycles. The van der Waals surface area contributed by atoms with Crippen molar-refractivity contribution in [2.75, 3.05) is 0 Å². The molecule has 0 spiro atoms. The Bertz CT molecular complexity index is 1200. The lowest BCUT2D eigenvalue weighted by Gasteiger charge is -2.34. The van der Waals surface area contributed by atoms with Gasteiger partial charge in [-0.2, -0.15) is 8.42 Å². The first-order valence-electron chi connectivity index (χ1n) is 7.89. The zero-order chi connectivity index (χ0) is 21.6. The van der Waals surface area contributed by atoms with Gasteiger partial charge in [-0.05, 0) is 29.8 Å². The lowest BCUT2D eigenvalue weighted by Crippen LogP contribution is -2.38. The van der Waals surface area contributed by atoms with E-state index in [2.05, 4.69) is 0 Å². The summed E-state index contributed by atoms with van der Waals surface area (Å²) < 4.78 is 34.0. The third-order valence-electron chi connectivity index (χ3n) is 4.41. The van der Waals surface area contributed by atoms with Crippen LogP contribution in [0.1, 0.15) is 16.7 Å². The quantitative estimate of drug-likeness (QED) is 0.311. The highest BCUT2D eigenvalue weighted by Crippen LogP contribution is 2.51. The highest BCUT2D eigenvalue weighted by Gasteiger charge is 2.51. The van der Waals surface area contributed by atoms with Crippen molar-refractivity contribution in [1.29, 1.82) is 0 Å². The molecule has 0 heterocycles. The van der Waals surface area contributed by atoms with E-state index in [0.29, 0.717) is 5.02 Å². The van der Waals surface area contributed by atoms with E-state index in [4.69, 9.17) is 46.4 Å². The van der Waals surface area contributed by atoms with E-state index in [9.17, 15) is 23.2 Å². The fourth-order valence-electron chi connectivity index (χ4n) is 3.17. The van der Waals surface area contributed by atoms with Crippen molar-refractivity contribution in [2.24, 2.45) is 0 Å². The van der Waals surface area contributed by atoms with Crippen LogP contribution in [0, 0.1) is 0 Å². The molecule has 5 nitrogen and oxygen atoms in total. The molecule has 3 rings (SSSR count). The van der Waals surface area contributed by atoms with E-state index in [1.54, 1.807) is 0 Å². The Hall–Kier alpha value is -1.67. The average Bonchev–Trinajstić information content (AvgIpc) is 2.63. The van der Waals surface area contributed by atoms with Gasteiger partial charge in [0.05, 0.1) is 10.0 Å². The zero-order valence-electron chi connectivity index (χ0n) is 14.3. The minimum absolute atomic E-state index is 0.0283. The second kappa shape index (κ2) is 7.87.